The van der Waals surface area contributed by atoms with Crippen LogP contribution < -0.4 is 0 Å². The molecule has 0 radical (unpaired) electrons. The molecular formula is C45H79O13P. The Morgan fingerprint density at radius 3 is 1.37 bits per heavy atom. The van der Waals surface area contributed by atoms with Gasteiger partial charge in [0.2, 0.25) is 0 Å². The molecule has 0 bridgehead atoms. The second-order valence-electron chi connectivity index (χ2n) is 15.5. The molecule has 0 aromatic heterocycles. The molecule has 8 atom stereocenters. The summed E-state index contributed by atoms with van der Waals surface area (Å²) in [5, 5.41) is 50.1. The Hall–Kier alpha value is -2.19. The number of aliphatic hydroxyl groups excluding tert-OH is 5. The zero-order chi connectivity index (χ0) is 43.6. The number of esters is 2. The third-order valence-corrected chi connectivity index (χ3v) is 11.1. The molecule has 0 aliphatic heterocycles. The van der Waals surface area contributed by atoms with Gasteiger partial charge in [0.15, 0.2) is 6.10 Å². The van der Waals surface area contributed by atoms with Crippen LogP contribution in [-0.4, -0.2) is 98.3 Å². The van der Waals surface area contributed by atoms with Crippen LogP contribution in [0.2, 0.25) is 0 Å². The van der Waals surface area contributed by atoms with E-state index in [2.05, 4.69) is 62.5 Å². The standard InChI is InChI=1S/C45H79O13P/c1-3-5-7-9-11-13-15-17-19-21-23-25-27-29-31-33-38(46)55-35-37(36-56-59(53,54)58-45-43(51)41(49)40(48)42(50)44(45)52)57-39(47)34-32-30-28-26-24-22-20-18-16-14-12-10-8-6-4-2/h11-14,17-20,37,40-45,48-52H,3-10,15-16,21-36H2,1-2H3,(H,53,54)/b13-11-,14-12-,19-17-,20-18-/t37-,40?,41-,42+,43+,44+,45?/m0/s1. The Morgan fingerprint density at radius 1 is 0.525 bits per heavy atom. The molecule has 0 aromatic rings. The Morgan fingerprint density at radius 2 is 0.915 bits per heavy atom. The van der Waals surface area contributed by atoms with Crippen LogP contribution in [0.1, 0.15) is 168 Å². The lowest BCUT2D eigenvalue weighted by atomic mass is 9.85. The molecule has 1 rings (SSSR count). The van der Waals surface area contributed by atoms with Crippen LogP contribution in [0, 0.1) is 0 Å². The maximum Gasteiger partial charge on any atom is 0.472 e. The number of phosphoric acid groups is 1. The number of hydrogen-bond donors (Lipinski definition) is 6. The van der Waals surface area contributed by atoms with E-state index in [1.54, 1.807) is 0 Å². The molecule has 0 saturated heterocycles. The van der Waals surface area contributed by atoms with Crippen LogP contribution in [0.15, 0.2) is 48.6 Å². The summed E-state index contributed by atoms with van der Waals surface area (Å²) < 4.78 is 33.5. The second-order valence-corrected chi connectivity index (χ2v) is 16.9. The van der Waals surface area contributed by atoms with E-state index in [1.807, 2.05) is 0 Å². The van der Waals surface area contributed by atoms with E-state index in [4.69, 9.17) is 18.5 Å². The molecule has 342 valence electrons. The highest BCUT2D eigenvalue weighted by molar-refractivity contribution is 7.47. The largest absolute Gasteiger partial charge is 0.472 e. The number of carbonyl (C=O) groups excluding carboxylic acids is 2. The smallest absolute Gasteiger partial charge is 0.462 e. The molecule has 1 saturated carbocycles. The first-order valence-electron chi connectivity index (χ1n) is 22.4. The lowest BCUT2D eigenvalue weighted by molar-refractivity contribution is -0.220. The lowest BCUT2D eigenvalue weighted by Gasteiger charge is -2.41. The van der Waals surface area contributed by atoms with Crippen molar-refractivity contribution in [1.29, 1.82) is 0 Å². The number of allylic oxidation sites excluding steroid dienone is 8. The molecule has 0 heterocycles. The van der Waals surface area contributed by atoms with E-state index < -0.39 is 75.7 Å². The second kappa shape index (κ2) is 35.4. The van der Waals surface area contributed by atoms with Gasteiger partial charge in [-0.05, 0) is 77.0 Å². The fourth-order valence-electron chi connectivity index (χ4n) is 6.46. The summed E-state index contributed by atoms with van der Waals surface area (Å²) in [4.78, 5) is 35.6. The van der Waals surface area contributed by atoms with Crippen LogP contribution in [0.25, 0.3) is 0 Å². The first kappa shape index (κ1) is 54.8. The van der Waals surface area contributed by atoms with E-state index in [0.29, 0.717) is 12.8 Å². The van der Waals surface area contributed by atoms with Gasteiger partial charge in [-0.15, -0.1) is 0 Å². The summed E-state index contributed by atoms with van der Waals surface area (Å²) in [5.41, 5.74) is 0. The number of carbonyl (C=O) groups is 2. The zero-order valence-corrected chi connectivity index (χ0v) is 36.9. The molecule has 13 nitrogen and oxygen atoms in total. The topological polar surface area (TPSA) is 210 Å². The summed E-state index contributed by atoms with van der Waals surface area (Å²) >= 11 is 0. The molecule has 6 N–H and O–H groups in total. The van der Waals surface area contributed by atoms with E-state index in [1.165, 1.54) is 38.5 Å². The van der Waals surface area contributed by atoms with E-state index in [9.17, 15) is 44.6 Å². The first-order valence-corrected chi connectivity index (χ1v) is 23.9. The van der Waals surface area contributed by atoms with Crippen LogP contribution in [0.4, 0.5) is 0 Å². The highest BCUT2D eigenvalue weighted by atomic mass is 31.2. The molecule has 1 aliphatic rings. The van der Waals surface area contributed by atoms with Crippen molar-refractivity contribution in [2.75, 3.05) is 13.2 Å². The third kappa shape index (κ3) is 28.1. The van der Waals surface area contributed by atoms with Crippen molar-refractivity contribution in [2.45, 2.75) is 211 Å². The maximum atomic E-state index is 12.8. The van der Waals surface area contributed by atoms with Crippen LogP contribution in [0.3, 0.4) is 0 Å². The van der Waals surface area contributed by atoms with Crippen molar-refractivity contribution in [3.63, 3.8) is 0 Å². The number of hydrogen-bond acceptors (Lipinski definition) is 12. The van der Waals surface area contributed by atoms with Gasteiger partial charge in [0.25, 0.3) is 0 Å². The normalized spacial score (nSPS) is 22.8. The lowest BCUT2D eigenvalue weighted by Crippen LogP contribution is -2.64. The van der Waals surface area contributed by atoms with Gasteiger partial charge in [-0.2, -0.15) is 0 Å². The molecule has 0 spiro atoms. The molecule has 59 heavy (non-hydrogen) atoms. The number of ether oxygens (including phenoxy) is 2. The van der Waals surface area contributed by atoms with E-state index >= 15 is 0 Å². The number of rotatable bonds is 36. The predicted octanol–water partition coefficient (Wildman–Crippen LogP) is 8.39. The predicted molar refractivity (Wildman–Crippen MR) is 230 cm³/mol. The molecule has 1 aliphatic carbocycles. The Kier molecular flexibility index (Phi) is 32.9. The van der Waals surface area contributed by atoms with Crippen LogP contribution >= 0.6 is 7.82 Å². The van der Waals surface area contributed by atoms with Crippen LogP contribution in [0.5, 0.6) is 0 Å². The Bertz CT molecular complexity index is 1220. The molecule has 3 unspecified atom stereocenters. The molecule has 0 amide bonds. The Labute approximate surface area is 354 Å². The highest BCUT2D eigenvalue weighted by Gasteiger charge is 2.51. The average molecular weight is 859 g/mol. The van der Waals surface area contributed by atoms with Gasteiger partial charge >= 0.3 is 19.8 Å². The summed E-state index contributed by atoms with van der Waals surface area (Å²) in [6.45, 7) is 3.21. The van der Waals surface area contributed by atoms with Gasteiger partial charge in [-0.25, -0.2) is 4.57 Å². The van der Waals surface area contributed by atoms with Crippen molar-refractivity contribution in [1.82, 2.24) is 0 Å². The monoisotopic (exact) mass is 859 g/mol. The average Bonchev–Trinajstić information content (AvgIpc) is 3.21. The van der Waals surface area contributed by atoms with Gasteiger partial charge < -0.3 is 39.9 Å². The summed E-state index contributed by atoms with van der Waals surface area (Å²) in [6, 6.07) is 0. The summed E-state index contributed by atoms with van der Waals surface area (Å²) in [7, 11) is -5.12. The Balaban J connectivity index is 2.50. The first-order chi connectivity index (χ1) is 28.4. The molecule has 0 aromatic carbocycles. The van der Waals surface area contributed by atoms with Crippen molar-refractivity contribution in [3.8, 4) is 0 Å². The number of phosphoric ester groups is 1. The van der Waals surface area contributed by atoms with Crippen molar-refractivity contribution in [2.24, 2.45) is 0 Å². The van der Waals surface area contributed by atoms with Crippen molar-refractivity contribution < 1.29 is 63.1 Å². The third-order valence-electron chi connectivity index (χ3n) is 10.1. The van der Waals surface area contributed by atoms with Gasteiger partial charge in [0, 0.05) is 12.8 Å². The van der Waals surface area contributed by atoms with Gasteiger partial charge in [0.1, 0.15) is 43.2 Å². The van der Waals surface area contributed by atoms with Crippen LogP contribution in [-0.2, 0) is 32.7 Å². The van der Waals surface area contributed by atoms with Gasteiger partial charge in [-0.3, -0.25) is 18.6 Å². The molecular weight excluding hydrogens is 779 g/mol. The number of aliphatic hydroxyl groups is 5. The fourth-order valence-corrected chi connectivity index (χ4v) is 7.44. The van der Waals surface area contributed by atoms with Gasteiger partial charge in [0.05, 0.1) is 6.61 Å². The molecule has 1 fully saturated rings. The summed E-state index contributed by atoms with van der Waals surface area (Å²) in [6.07, 6.45) is 27.3. The van der Waals surface area contributed by atoms with Crippen molar-refractivity contribution >= 4 is 19.8 Å². The van der Waals surface area contributed by atoms with E-state index in [0.717, 1.165) is 89.9 Å². The highest BCUT2D eigenvalue weighted by Crippen LogP contribution is 2.47. The van der Waals surface area contributed by atoms with Crippen molar-refractivity contribution in [3.05, 3.63) is 48.6 Å². The minimum atomic E-state index is -5.12. The van der Waals surface area contributed by atoms with E-state index in [-0.39, 0.29) is 12.8 Å². The fraction of sp³-hybridized carbons (Fsp3) is 0.778. The minimum Gasteiger partial charge on any atom is -0.462 e. The number of unbranched alkanes of at least 4 members (excludes halogenated alkanes) is 16. The molecule has 14 heteroatoms. The maximum absolute atomic E-state index is 12.8. The zero-order valence-electron chi connectivity index (χ0n) is 36.0. The minimum absolute atomic E-state index is 0.0761. The SMILES string of the molecule is CCCCC/C=C\C/C=C\CCCCCCCC(=O)OC[C@@H](COP(=O)(O)OC1[C@H](O)[C@H](O)C(O)[C@H](O)[C@H]1O)OC(=O)CCCCCCC/C=C\C/C=C\CCCCC. The van der Waals surface area contributed by atoms with Gasteiger partial charge in [-0.1, -0.05) is 127 Å². The summed E-state index contributed by atoms with van der Waals surface area (Å²) in [5.74, 6) is -1.13. The quantitative estimate of drug-likeness (QED) is 0.0152.